The van der Waals surface area contributed by atoms with Crippen LogP contribution in [0.4, 0.5) is 0 Å². The number of piperidine rings is 1. The van der Waals surface area contributed by atoms with Crippen molar-refractivity contribution in [2.75, 3.05) is 39.5 Å². The molecular formula is C15H29NO2. The van der Waals surface area contributed by atoms with E-state index in [2.05, 4.69) is 18.7 Å². The molecule has 0 aromatic rings. The third-order valence-electron chi connectivity index (χ3n) is 5.22. The van der Waals surface area contributed by atoms with E-state index in [0.717, 1.165) is 32.6 Å². The Morgan fingerprint density at radius 3 is 2.44 bits per heavy atom. The first-order valence-corrected chi connectivity index (χ1v) is 7.52. The summed E-state index contributed by atoms with van der Waals surface area (Å²) < 4.78 is 5.59. The maximum absolute atomic E-state index is 9.71. The lowest BCUT2D eigenvalue weighted by Gasteiger charge is -2.44. The first kappa shape index (κ1) is 14.3. The highest BCUT2D eigenvalue weighted by atomic mass is 16.5. The molecule has 0 saturated carbocycles. The van der Waals surface area contributed by atoms with Gasteiger partial charge >= 0.3 is 0 Å². The standard InChI is InChI=1S/C15H29NO2/c1-3-14(2)6-8-16(9-7-14)11-15(12-17)5-4-10-18-13-15/h17H,3-13H2,1-2H3. The van der Waals surface area contributed by atoms with Gasteiger partial charge in [-0.15, -0.1) is 0 Å². The Kier molecular flexibility index (Phi) is 4.68. The van der Waals surface area contributed by atoms with Gasteiger partial charge in [-0.3, -0.25) is 0 Å². The van der Waals surface area contributed by atoms with Gasteiger partial charge < -0.3 is 14.7 Å². The van der Waals surface area contributed by atoms with E-state index in [9.17, 15) is 5.11 Å². The van der Waals surface area contributed by atoms with Crippen LogP contribution in [0.25, 0.3) is 0 Å². The zero-order chi connectivity index (χ0) is 13.1. The quantitative estimate of drug-likeness (QED) is 0.836. The lowest BCUT2D eigenvalue weighted by molar-refractivity contribution is -0.0618. The van der Waals surface area contributed by atoms with Crippen molar-refractivity contribution >= 4 is 0 Å². The van der Waals surface area contributed by atoms with Crippen LogP contribution in [-0.2, 0) is 4.74 Å². The number of rotatable bonds is 4. The van der Waals surface area contributed by atoms with Crippen molar-refractivity contribution in [3.8, 4) is 0 Å². The van der Waals surface area contributed by atoms with E-state index in [4.69, 9.17) is 4.74 Å². The van der Waals surface area contributed by atoms with E-state index in [1.54, 1.807) is 0 Å². The molecule has 0 aromatic carbocycles. The molecule has 0 aliphatic carbocycles. The second-order valence-electron chi connectivity index (χ2n) is 6.75. The maximum Gasteiger partial charge on any atom is 0.0556 e. The largest absolute Gasteiger partial charge is 0.396 e. The highest BCUT2D eigenvalue weighted by Gasteiger charge is 2.36. The van der Waals surface area contributed by atoms with Crippen LogP contribution in [0.2, 0.25) is 0 Å². The van der Waals surface area contributed by atoms with Crippen molar-refractivity contribution < 1.29 is 9.84 Å². The fraction of sp³-hybridized carbons (Fsp3) is 1.00. The van der Waals surface area contributed by atoms with Crippen LogP contribution >= 0.6 is 0 Å². The van der Waals surface area contributed by atoms with Gasteiger partial charge in [-0.2, -0.15) is 0 Å². The van der Waals surface area contributed by atoms with Gasteiger partial charge in [0.2, 0.25) is 0 Å². The van der Waals surface area contributed by atoms with Gasteiger partial charge in [0.15, 0.2) is 0 Å². The predicted molar refractivity (Wildman–Crippen MR) is 73.6 cm³/mol. The van der Waals surface area contributed by atoms with Crippen molar-refractivity contribution in [2.24, 2.45) is 10.8 Å². The number of ether oxygens (including phenoxy) is 1. The van der Waals surface area contributed by atoms with E-state index in [0.29, 0.717) is 5.41 Å². The fourth-order valence-corrected chi connectivity index (χ4v) is 3.29. The Morgan fingerprint density at radius 1 is 1.22 bits per heavy atom. The molecule has 18 heavy (non-hydrogen) atoms. The molecule has 0 radical (unpaired) electrons. The van der Waals surface area contributed by atoms with Gasteiger partial charge in [0, 0.05) is 18.6 Å². The monoisotopic (exact) mass is 255 g/mol. The summed E-state index contributed by atoms with van der Waals surface area (Å²) in [6.45, 7) is 9.99. The maximum atomic E-state index is 9.71. The Labute approximate surface area is 112 Å². The van der Waals surface area contributed by atoms with Crippen LogP contribution in [0.15, 0.2) is 0 Å². The minimum Gasteiger partial charge on any atom is -0.396 e. The smallest absolute Gasteiger partial charge is 0.0556 e. The average Bonchev–Trinajstić information content (AvgIpc) is 2.43. The van der Waals surface area contributed by atoms with Gasteiger partial charge in [0.25, 0.3) is 0 Å². The molecule has 3 heteroatoms. The summed E-state index contributed by atoms with van der Waals surface area (Å²) in [5.74, 6) is 0. The zero-order valence-corrected chi connectivity index (χ0v) is 12.1. The van der Waals surface area contributed by atoms with Crippen LogP contribution in [0, 0.1) is 10.8 Å². The highest BCUT2D eigenvalue weighted by molar-refractivity contribution is 4.88. The predicted octanol–water partition coefficient (Wildman–Crippen LogP) is 2.29. The molecule has 3 nitrogen and oxygen atoms in total. The van der Waals surface area contributed by atoms with Gasteiger partial charge in [-0.05, 0) is 44.2 Å². The van der Waals surface area contributed by atoms with Crippen LogP contribution in [-0.4, -0.2) is 49.5 Å². The van der Waals surface area contributed by atoms with Crippen molar-refractivity contribution in [3.63, 3.8) is 0 Å². The summed E-state index contributed by atoms with van der Waals surface area (Å²) in [5, 5.41) is 9.71. The van der Waals surface area contributed by atoms with Crippen LogP contribution in [0.5, 0.6) is 0 Å². The van der Waals surface area contributed by atoms with E-state index >= 15 is 0 Å². The first-order chi connectivity index (χ1) is 8.61. The Balaban J connectivity index is 1.86. The Bertz CT molecular complexity index is 253. The van der Waals surface area contributed by atoms with Gasteiger partial charge in [-0.25, -0.2) is 0 Å². The van der Waals surface area contributed by atoms with Crippen LogP contribution < -0.4 is 0 Å². The van der Waals surface area contributed by atoms with E-state index in [1.165, 1.54) is 32.4 Å². The number of aliphatic hydroxyl groups is 1. The Morgan fingerprint density at radius 2 is 1.94 bits per heavy atom. The van der Waals surface area contributed by atoms with E-state index in [1.807, 2.05) is 0 Å². The third-order valence-corrected chi connectivity index (χ3v) is 5.22. The van der Waals surface area contributed by atoms with Crippen LogP contribution in [0.1, 0.15) is 46.0 Å². The summed E-state index contributed by atoms with van der Waals surface area (Å²) >= 11 is 0. The molecule has 2 aliphatic rings. The molecule has 1 atom stereocenters. The summed E-state index contributed by atoms with van der Waals surface area (Å²) in [6.07, 6.45) is 6.10. The lowest BCUT2D eigenvalue weighted by atomic mass is 9.77. The van der Waals surface area contributed by atoms with Crippen LogP contribution in [0.3, 0.4) is 0 Å². The summed E-state index contributed by atoms with van der Waals surface area (Å²) in [7, 11) is 0. The van der Waals surface area contributed by atoms with Crippen molar-refractivity contribution in [3.05, 3.63) is 0 Å². The summed E-state index contributed by atoms with van der Waals surface area (Å²) in [6, 6.07) is 0. The lowest BCUT2D eigenvalue weighted by Crippen LogP contribution is -2.49. The topological polar surface area (TPSA) is 32.7 Å². The molecular weight excluding hydrogens is 226 g/mol. The Hall–Kier alpha value is -0.120. The van der Waals surface area contributed by atoms with Crippen molar-refractivity contribution in [1.29, 1.82) is 0 Å². The molecule has 0 amide bonds. The van der Waals surface area contributed by atoms with Gasteiger partial charge in [-0.1, -0.05) is 20.3 Å². The zero-order valence-electron chi connectivity index (χ0n) is 12.1. The van der Waals surface area contributed by atoms with E-state index < -0.39 is 0 Å². The normalized spacial score (nSPS) is 33.5. The molecule has 0 aromatic heterocycles. The minimum absolute atomic E-state index is 0.0121. The number of nitrogens with zero attached hydrogens (tertiary/aromatic N) is 1. The third kappa shape index (κ3) is 3.25. The molecule has 2 fully saturated rings. The molecule has 2 aliphatic heterocycles. The molecule has 0 spiro atoms. The molecule has 2 rings (SSSR count). The second-order valence-corrected chi connectivity index (χ2v) is 6.75. The highest BCUT2D eigenvalue weighted by Crippen LogP contribution is 2.36. The van der Waals surface area contributed by atoms with E-state index in [-0.39, 0.29) is 12.0 Å². The fourth-order valence-electron chi connectivity index (χ4n) is 3.29. The molecule has 106 valence electrons. The molecule has 2 heterocycles. The summed E-state index contributed by atoms with van der Waals surface area (Å²) in [5.41, 5.74) is 0.560. The average molecular weight is 255 g/mol. The second kappa shape index (κ2) is 5.89. The molecule has 0 bridgehead atoms. The summed E-state index contributed by atoms with van der Waals surface area (Å²) in [4.78, 5) is 2.54. The SMILES string of the molecule is CCC1(C)CCN(CC2(CO)CCCOC2)CC1. The van der Waals surface area contributed by atoms with Crippen molar-refractivity contribution in [1.82, 2.24) is 4.90 Å². The minimum atomic E-state index is 0.0121. The molecule has 1 unspecified atom stereocenters. The molecule has 1 N–H and O–H groups in total. The molecule has 2 saturated heterocycles. The number of hydrogen-bond donors (Lipinski definition) is 1. The van der Waals surface area contributed by atoms with Crippen molar-refractivity contribution in [2.45, 2.75) is 46.0 Å². The number of aliphatic hydroxyl groups excluding tert-OH is 1. The van der Waals surface area contributed by atoms with Gasteiger partial charge in [0.05, 0.1) is 13.2 Å². The first-order valence-electron chi connectivity index (χ1n) is 7.52. The van der Waals surface area contributed by atoms with Gasteiger partial charge in [0.1, 0.15) is 0 Å². The number of hydrogen-bond acceptors (Lipinski definition) is 3. The number of likely N-dealkylation sites (tertiary alicyclic amines) is 1.